The first kappa shape index (κ1) is 33.1. The fourth-order valence-electron chi connectivity index (χ4n) is 9.94. The van der Waals surface area contributed by atoms with Gasteiger partial charge in [0.25, 0.3) is 0 Å². The third kappa shape index (κ3) is 4.88. The van der Waals surface area contributed by atoms with Gasteiger partial charge >= 0.3 is 0 Å². The molecule has 60 heavy (non-hydrogen) atoms. The van der Waals surface area contributed by atoms with Crippen molar-refractivity contribution < 1.29 is 8.83 Å². The molecule has 0 unspecified atom stereocenters. The van der Waals surface area contributed by atoms with Gasteiger partial charge in [-0.1, -0.05) is 164 Å². The molecule has 0 aliphatic rings. The average Bonchev–Trinajstić information content (AvgIpc) is 3.89. The Labute approximate surface area is 345 Å². The summed E-state index contributed by atoms with van der Waals surface area (Å²) in [4.78, 5) is 0. The van der Waals surface area contributed by atoms with Gasteiger partial charge < -0.3 is 8.83 Å². The molecule has 2 aromatic heterocycles. The predicted octanol–water partition coefficient (Wildman–Crippen LogP) is 16.8. The van der Waals surface area contributed by atoms with Crippen molar-refractivity contribution in [2.45, 2.75) is 0 Å². The van der Waals surface area contributed by atoms with Crippen LogP contribution in [-0.4, -0.2) is 0 Å². The Morgan fingerprint density at radius 2 is 0.833 bits per heavy atom. The molecule has 0 aliphatic heterocycles. The molecule has 0 saturated heterocycles. The van der Waals surface area contributed by atoms with Crippen LogP contribution >= 0.6 is 0 Å². The van der Waals surface area contributed by atoms with Crippen molar-refractivity contribution in [1.29, 1.82) is 0 Å². The lowest BCUT2D eigenvalue weighted by molar-refractivity contribution is 0.663. The van der Waals surface area contributed by atoms with Crippen molar-refractivity contribution in [3.63, 3.8) is 0 Å². The molecule has 0 radical (unpaired) electrons. The predicted molar refractivity (Wildman–Crippen MR) is 253 cm³/mol. The smallest absolute Gasteiger partial charge is 0.147 e. The second kappa shape index (κ2) is 12.8. The number of para-hydroxylation sites is 1. The number of furan rings is 2. The highest BCUT2D eigenvalue weighted by Crippen LogP contribution is 2.49. The van der Waals surface area contributed by atoms with E-state index in [1.165, 1.54) is 82.0 Å². The van der Waals surface area contributed by atoms with Crippen LogP contribution in [0.3, 0.4) is 0 Å². The first-order valence-corrected chi connectivity index (χ1v) is 20.6. The largest absolute Gasteiger partial charge is 0.456 e. The molecule has 0 atom stereocenters. The summed E-state index contributed by atoms with van der Waals surface area (Å²) < 4.78 is 13.2. The molecule has 0 saturated carbocycles. The zero-order chi connectivity index (χ0) is 39.3. The average molecular weight is 763 g/mol. The number of hydrogen-bond acceptors (Lipinski definition) is 2. The van der Waals surface area contributed by atoms with Crippen molar-refractivity contribution in [3.05, 3.63) is 206 Å². The summed E-state index contributed by atoms with van der Waals surface area (Å²) in [5.41, 5.74) is 12.9. The molecule has 2 heterocycles. The maximum atomic E-state index is 6.87. The summed E-state index contributed by atoms with van der Waals surface area (Å²) in [5, 5.41) is 14.1. The van der Waals surface area contributed by atoms with Gasteiger partial charge in [0, 0.05) is 16.2 Å². The Balaban J connectivity index is 1.13. The molecular weight excluding hydrogens is 729 g/mol. The molecule has 0 amide bonds. The number of hydrogen-bond donors (Lipinski definition) is 0. The fourth-order valence-corrected chi connectivity index (χ4v) is 9.94. The molecule has 2 nitrogen and oxygen atoms in total. The molecule has 13 rings (SSSR count). The highest BCUT2D eigenvalue weighted by molar-refractivity contribution is 6.29. The Bertz CT molecular complexity index is 3880. The molecule has 0 spiro atoms. The van der Waals surface area contributed by atoms with Crippen LogP contribution in [0.4, 0.5) is 0 Å². The zero-order valence-electron chi connectivity index (χ0n) is 32.4. The molecule has 2 heteroatoms. The minimum absolute atomic E-state index is 0.829. The third-order valence-corrected chi connectivity index (χ3v) is 12.6. The van der Waals surface area contributed by atoms with Crippen LogP contribution in [0.1, 0.15) is 0 Å². The summed E-state index contributed by atoms with van der Waals surface area (Å²) in [6.45, 7) is 0. The highest BCUT2D eigenvalue weighted by atomic mass is 16.3. The van der Waals surface area contributed by atoms with E-state index in [-0.39, 0.29) is 0 Å². The highest BCUT2D eigenvalue weighted by Gasteiger charge is 2.23. The van der Waals surface area contributed by atoms with Gasteiger partial charge in [-0.25, -0.2) is 0 Å². The molecule has 13 aromatic rings. The van der Waals surface area contributed by atoms with E-state index in [1.807, 2.05) is 12.1 Å². The Morgan fingerprint density at radius 3 is 1.72 bits per heavy atom. The molecule has 0 aliphatic carbocycles. The van der Waals surface area contributed by atoms with Crippen molar-refractivity contribution in [3.8, 4) is 44.5 Å². The zero-order valence-corrected chi connectivity index (χ0v) is 32.4. The first-order chi connectivity index (χ1) is 29.7. The van der Waals surface area contributed by atoms with Crippen LogP contribution in [0.5, 0.6) is 0 Å². The fraction of sp³-hybridized carbons (Fsp3) is 0. The molecule has 0 fully saturated rings. The third-order valence-electron chi connectivity index (χ3n) is 12.6. The maximum Gasteiger partial charge on any atom is 0.147 e. The van der Waals surface area contributed by atoms with E-state index in [0.717, 1.165) is 49.4 Å². The Morgan fingerprint density at radius 1 is 0.250 bits per heavy atom. The molecular formula is C58H34O2. The van der Waals surface area contributed by atoms with Crippen molar-refractivity contribution in [2.24, 2.45) is 0 Å². The SMILES string of the molecule is c1ccc(-c2cccc(-c3ccc4c(-c5ccc6c(ccc7ccccc76)c5)c5ccccc5c(-c5cccc6oc7c(ccc8oc9ccccc9c87)c56)c4c3)c2)cc1. The van der Waals surface area contributed by atoms with E-state index in [2.05, 4.69) is 194 Å². The lowest BCUT2D eigenvalue weighted by Crippen LogP contribution is -1.92. The van der Waals surface area contributed by atoms with Gasteiger partial charge in [-0.05, 0) is 130 Å². The summed E-state index contributed by atoms with van der Waals surface area (Å²) in [7, 11) is 0. The van der Waals surface area contributed by atoms with E-state index >= 15 is 0 Å². The Kier molecular flexibility index (Phi) is 7.05. The van der Waals surface area contributed by atoms with E-state index < -0.39 is 0 Å². The number of fused-ring (bicyclic) bond motifs is 12. The van der Waals surface area contributed by atoms with Gasteiger partial charge in [0.05, 0.1) is 5.39 Å². The quantitative estimate of drug-likeness (QED) is 0.132. The van der Waals surface area contributed by atoms with Crippen LogP contribution in [0.15, 0.2) is 215 Å². The van der Waals surface area contributed by atoms with Crippen molar-refractivity contribution in [1.82, 2.24) is 0 Å². The van der Waals surface area contributed by atoms with E-state index in [0.29, 0.717) is 0 Å². The van der Waals surface area contributed by atoms with E-state index in [4.69, 9.17) is 8.83 Å². The minimum atomic E-state index is 0.829. The first-order valence-electron chi connectivity index (χ1n) is 20.6. The molecule has 11 aromatic carbocycles. The lowest BCUT2D eigenvalue weighted by Gasteiger charge is -2.20. The van der Waals surface area contributed by atoms with Gasteiger partial charge in [-0.3, -0.25) is 0 Å². The Hall–Kier alpha value is -7.94. The summed E-state index contributed by atoms with van der Waals surface area (Å²) >= 11 is 0. The monoisotopic (exact) mass is 762 g/mol. The van der Waals surface area contributed by atoms with Gasteiger partial charge in [0.2, 0.25) is 0 Å². The molecule has 0 N–H and O–H groups in total. The van der Waals surface area contributed by atoms with Crippen LogP contribution in [-0.2, 0) is 0 Å². The minimum Gasteiger partial charge on any atom is -0.456 e. The van der Waals surface area contributed by atoms with Crippen LogP contribution in [0.2, 0.25) is 0 Å². The standard InChI is InChI=1S/C58H34O2/c1-2-12-35(13-3-1)37-15-10-16-38(32-37)39-26-29-46-50(34-39)55(48-21-11-23-52-56(48)49-30-31-53-57(58(49)60-52)47-20-8-9-22-51(47)59-53)45-19-7-6-18-44(45)54(46)41-27-28-43-40(33-41)25-24-36-14-4-5-17-42(36)43/h1-34H. The van der Waals surface area contributed by atoms with Gasteiger partial charge in [0.1, 0.15) is 22.3 Å². The van der Waals surface area contributed by atoms with Crippen molar-refractivity contribution >= 4 is 87.0 Å². The second-order valence-corrected chi connectivity index (χ2v) is 15.9. The second-order valence-electron chi connectivity index (χ2n) is 15.9. The molecule has 0 bridgehead atoms. The van der Waals surface area contributed by atoms with Crippen molar-refractivity contribution in [2.75, 3.05) is 0 Å². The number of rotatable bonds is 4. The lowest BCUT2D eigenvalue weighted by atomic mass is 9.83. The van der Waals surface area contributed by atoms with Crippen LogP contribution in [0, 0.1) is 0 Å². The van der Waals surface area contributed by atoms with Gasteiger partial charge in [-0.15, -0.1) is 0 Å². The van der Waals surface area contributed by atoms with Gasteiger partial charge in [0.15, 0.2) is 0 Å². The van der Waals surface area contributed by atoms with E-state index in [1.54, 1.807) is 0 Å². The maximum absolute atomic E-state index is 6.87. The molecule has 278 valence electrons. The number of benzene rings is 11. The topological polar surface area (TPSA) is 26.3 Å². The van der Waals surface area contributed by atoms with Crippen LogP contribution < -0.4 is 0 Å². The normalized spacial score (nSPS) is 12.0. The van der Waals surface area contributed by atoms with E-state index in [9.17, 15) is 0 Å². The van der Waals surface area contributed by atoms with Crippen LogP contribution in [0.25, 0.3) is 131 Å². The summed E-state index contributed by atoms with van der Waals surface area (Å²) in [6.07, 6.45) is 0. The van der Waals surface area contributed by atoms with Gasteiger partial charge in [-0.2, -0.15) is 0 Å². The summed E-state index contributed by atoms with van der Waals surface area (Å²) in [6, 6.07) is 74.8. The summed E-state index contributed by atoms with van der Waals surface area (Å²) in [5.74, 6) is 0.